The summed E-state index contributed by atoms with van der Waals surface area (Å²) in [5.74, 6) is 14.9. The van der Waals surface area contributed by atoms with Crippen molar-refractivity contribution in [2.45, 2.75) is 6.42 Å². The maximum atomic E-state index is 5.44. The van der Waals surface area contributed by atoms with Gasteiger partial charge in [0.15, 0.2) is 11.5 Å². The van der Waals surface area contributed by atoms with E-state index < -0.39 is 0 Å². The third-order valence-corrected chi connectivity index (χ3v) is 3.78. The van der Waals surface area contributed by atoms with Gasteiger partial charge in [-0.2, -0.15) is 0 Å². The molecule has 0 saturated heterocycles. The zero-order chi connectivity index (χ0) is 16.8. The SMILES string of the molecule is COc1ccc(C#Cc2cc3c(cc2C#CCCBr)OCO3)cc1. The zero-order valence-electron chi connectivity index (χ0n) is 13.2. The molecule has 0 saturated carbocycles. The predicted molar refractivity (Wildman–Crippen MR) is 96.8 cm³/mol. The lowest BCUT2D eigenvalue weighted by Crippen LogP contribution is -1.92. The Morgan fingerprint density at radius 2 is 1.67 bits per heavy atom. The molecule has 0 spiro atoms. The Balaban J connectivity index is 1.94. The van der Waals surface area contributed by atoms with Crippen molar-refractivity contribution < 1.29 is 14.2 Å². The highest BCUT2D eigenvalue weighted by Crippen LogP contribution is 2.34. The van der Waals surface area contributed by atoms with Gasteiger partial charge in [0, 0.05) is 40.6 Å². The van der Waals surface area contributed by atoms with Crippen molar-refractivity contribution >= 4 is 15.9 Å². The molecule has 0 atom stereocenters. The molecule has 0 bridgehead atoms. The van der Waals surface area contributed by atoms with Crippen molar-refractivity contribution in [2.24, 2.45) is 0 Å². The van der Waals surface area contributed by atoms with Gasteiger partial charge in [-0.3, -0.25) is 0 Å². The van der Waals surface area contributed by atoms with E-state index in [0.717, 1.165) is 34.2 Å². The third-order valence-electron chi connectivity index (χ3n) is 3.39. The summed E-state index contributed by atoms with van der Waals surface area (Å²) in [6.07, 6.45) is 0.778. The molecule has 120 valence electrons. The van der Waals surface area contributed by atoms with Crippen LogP contribution in [0.2, 0.25) is 0 Å². The molecule has 24 heavy (non-hydrogen) atoms. The molecule has 2 aromatic rings. The van der Waals surface area contributed by atoms with Gasteiger partial charge < -0.3 is 14.2 Å². The highest BCUT2D eigenvalue weighted by molar-refractivity contribution is 9.09. The van der Waals surface area contributed by atoms with E-state index in [-0.39, 0.29) is 6.79 Å². The molecule has 1 aliphatic rings. The van der Waals surface area contributed by atoms with E-state index in [4.69, 9.17) is 14.2 Å². The molecule has 1 aliphatic heterocycles. The Labute approximate surface area is 150 Å². The number of alkyl halides is 1. The molecule has 0 aromatic heterocycles. The lowest BCUT2D eigenvalue weighted by atomic mass is 10.1. The number of hydrogen-bond donors (Lipinski definition) is 0. The summed E-state index contributed by atoms with van der Waals surface area (Å²) in [5, 5.41) is 0.845. The Kier molecular flexibility index (Phi) is 5.31. The first-order chi connectivity index (χ1) is 11.8. The van der Waals surface area contributed by atoms with Crippen molar-refractivity contribution in [3.8, 4) is 40.9 Å². The largest absolute Gasteiger partial charge is 0.497 e. The topological polar surface area (TPSA) is 27.7 Å². The average Bonchev–Trinajstić information content (AvgIpc) is 3.07. The second kappa shape index (κ2) is 7.81. The molecule has 1 heterocycles. The quantitative estimate of drug-likeness (QED) is 0.581. The van der Waals surface area contributed by atoms with Crippen LogP contribution in [0.4, 0.5) is 0 Å². The van der Waals surface area contributed by atoms with Crippen LogP contribution in [0.15, 0.2) is 36.4 Å². The number of rotatable bonds is 2. The van der Waals surface area contributed by atoms with E-state index in [1.54, 1.807) is 7.11 Å². The smallest absolute Gasteiger partial charge is 0.231 e. The van der Waals surface area contributed by atoms with Crippen LogP contribution in [0.3, 0.4) is 0 Å². The molecule has 3 nitrogen and oxygen atoms in total. The van der Waals surface area contributed by atoms with Gasteiger partial charge in [-0.1, -0.05) is 39.6 Å². The molecule has 0 fully saturated rings. The van der Waals surface area contributed by atoms with Gasteiger partial charge >= 0.3 is 0 Å². The maximum Gasteiger partial charge on any atom is 0.231 e. The maximum absolute atomic E-state index is 5.44. The minimum Gasteiger partial charge on any atom is -0.497 e. The van der Waals surface area contributed by atoms with E-state index in [1.807, 2.05) is 36.4 Å². The summed E-state index contributed by atoms with van der Waals surface area (Å²) in [6.45, 7) is 0.235. The van der Waals surface area contributed by atoms with Gasteiger partial charge in [0.1, 0.15) is 5.75 Å². The molecular formula is C20H15BrO3. The molecule has 4 heteroatoms. The van der Waals surface area contributed by atoms with Crippen LogP contribution in [0.25, 0.3) is 0 Å². The van der Waals surface area contributed by atoms with Crippen molar-refractivity contribution in [3.05, 3.63) is 53.1 Å². The van der Waals surface area contributed by atoms with Crippen molar-refractivity contribution in [3.63, 3.8) is 0 Å². The third kappa shape index (κ3) is 3.85. The van der Waals surface area contributed by atoms with E-state index in [1.165, 1.54) is 0 Å². The minimum atomic E-state index is 0.235. The van der Waals surface area contributed by atoms with Gasteiger partial charge in [-0.25, -0.2) is 0 Å². The normalized spacial score (nSPS) is 11.1. The highest BCUT2D eigenvalue weighted by atomic mass is 79.9. The standard InChI is InChI=1S/C20H15BrO3/c1-22-18-9-6-15(7-10-18)5-8-17-13-20-19(23-14-24-20)12-16(17)4-2-3-11-21/h6-7,9-10,12-13H,3,11,14H2,1H3. The molecular weight excluding hydrogens is 368 g/mol. The highest BCUT2D eigenvalue weighted by Gasteiger charge is 2.15. The van der Waals surface area contributed by atoms with Gasteiger partial charge in [-0.15, -0.1) is 0 Å². The summed E-state index contributed by atoms with van der Waals surface area (Å²) >= 11 is 3.38. The number of methoxy groups -OCH3 is 1. The first kappa shape index (κ1) is 16.3. The second-order valence-electron chi connectivity index (χ2n) is 4.97. The molecule has 0 N–H and O–H groups in total. The van der Waals surface area contributed by atoms with Gasteiger partial charge in [0.05, 0.1) is 7.11 Å². The van der Waals surface area contributed by atoms with E-state index in [2.05, 4.69) is 39.6 Å². The predicted octanol–water partition coefficient (Wildman–Crippen LogP) is 3.96. The van der Waals surface area contributed by atoms with Crippen LogP contribution in [0.5, 0.6) is 17.2 Å². The number of benzene rings is 2. The first-order valence-corrected chi connectivity index (χ1v) is 8.57. The molecule has 0 aliphatic carbocycles. The number of hydrogen-bond acceptors (Lipinski definition) is 3. The van der Waals surface area contributed by atoms with Crippen LogP contribution < -0.4 is 14.2 Å². The number of halogens is 1. The molecule has 0 unspecified atom stereocenters. The van der Waals surface area contributed by atoms with Gasteiger partial charge in [0.2, 0.25) is 6.79 Å². The summed E-state index contributed by atoms with van der Waals surface area (Å²) in [4.78, 5) is 0. The molecule has 0 radical (unpaired) electrons. The summed E-state index contributed by atoms with van der Waals surface area (Å²) < 4.78 is 16.0. The minimum absolute atomic E-state index is 0.235. The fraction of sp³-hybridized carbons (Fsp3) is 0.200. The Hall–Kier alpha value is -2.56. The molecule has 0 amide bonds. The van der Waals surface area contributed by atoms with Crippen molar-refractivity contribution in [1.29, 1.82) is 0 Å². The van der Waals surface area contributed by atoms with Crippen LogP contribution in [-0.2, 0) is 0 Å². The molecule has 2 aromatic carbocycles. The fourth-order valence-corrected chi connectivity index (χ4v) is 2.37. The lowest BCUT2D eigenvalue weighted by Gasteiger charge is -2.01. The van der Waals surface area contributed by atoms with E-state index in [0.29, 0.717) is 11.5 Å². The van der Waals surface area contributed by atoms with Crippen LogP contribution >= 0.6 is 15.9 Å². The van der Waals surface area contributed by atoms with E-state index in [9.17, 15) is 0 Å². The second-order valence-corrected chi connectivity index (χ2v) is 5.76. The number of ether oxygens (including phenoxy) is 3. The van der Waals surface area contributed by atoms with Crippen LogP contribution in [0, 0.1) is 23.7 Å². The van der Waals surface area contributed by atoms with E-state index >= 15 is 0 Å². The summed E-state index contributed by atoms with van der Waals surface area (Å²) in [5.41, 5.74) is 2.59. The lowest BCUT2D eigenvalue weighted by molar-refractivity contribution is 0.174. The van der Waals surface area contributed by atoms with Crippen molar-refractivity contribution in [1.82, 2.24) is 0 Å². The Morgan fingerprint density at radius 3 is 2.29 bits per heavy atom. The average molecular weight is 383 g/mol. The Bertz CT molecular complexity index is 849. The summed E-state index contributed by atoms with van der Waals surface area (Å²) in [7, 11) is 1.64. The van der Waals surface area contributed by atoms with Crippen molar-refractivity contribution in [2.75, 3.05) is 19.2 Å². The first-order valence-electron chi connectivity index (χ1n) is 7.44. The monoisotopic (exact) mass is 382 g/mol. The summed E-state index contributed by atoms with van der Waals surface area (Å²) in [6, 6.07) is 11.4. The number of fused-ring (bicyclic) bond motifs is 1. The molecule has 3 rings (SSSR count). The van der Waals surface area contributed by atoms with Crippen LogP contribution in [-0.4, -0.2) is 19.2 Å². The van der Waals surface area contributed by atoms with Crippen LogP contribution in [0.1, 0.15) is 23.1 Å². The zero-order valence-corrected chi connectivity index (χ0v) is 14.8. The van der Waals surface area contributed by atoms with Gasteiger partial charge in [0.25, 0.3) is 0 Å². The fourth-order valence-electron chi connectivity index (χ4n) is 2.17. The Morgan fingerprint density at radius 1 is 1.00 bits per heavy atom. The van der Waals surface area contributed by atoms with Gasteiger partial charge in [-0.05, 0) is 24.3 Å².